The van der Waals surface area contributed by atoms with Gasteiger partial charge in [0.15, 0.2) is 0 Å². The van der Waals surface area contributed by atoms with E-state index in [0.29, 0.717) is 0 Å². The van der Waals surface area contributed by atoms with Crippen LogP contribution < -0.4 is 0 Å². The first-order valence-electron chi connectivity index (χ1n) is 7.61. The van der Waals surface area contributed by atoms with Crippen LogP contribution in [0.1, 0.15) is 24.0 Å². The third-order valence-corrected chi connectivity index (χ3v) is 4.57. The quantitative estimate of drug-likeness (QED) is 0.799. The number of nitrogens with zero attached hydrogens (tertiary/aromatic N) is 1. The van der Waals surface area contributed by atoms with Gasteiger partial charge in [-0.3, -0.25) is 4.90 Å². The van der Waals surface area contributed by atoms with Gasteiger partial charge in [-0.25, -0.2) is 0 Å². The van der Waals surface area contributed by atoms with Gasteiger partial charge in [-0.15, -0.1) is 0 Å². The number of hydrogen-bond donors (Lipinski definition) is 0. The Bertz CT molecular complexity index is 571. The Morgan fingerprint density at radius 2 is 1.48 bits per heavy atom. The molecule has 108 valence electrons. The maximum atomic E-state index is 11.7. The summed E-state index contributed by atoms with van der Waals surface area (Å²) in [6.45, 7) is 2.93. The van der Waals surface area contributed by atoms with Crippen LogP contribution in [0.2, 0.25) is 0 Å². The second-order valence-electron chi connectivity index (χ2n) is 5.90. The van der Waals surface area contributed by atoms with E-state index in [1.165, 1.54) is 17.4 Å². The van der Waals surface area contributed by atoms with E-state index in [1.54, 1.807) is 0 Å². The van der Waals surface area contributed by atoms with Crippen LogP contribution in [0.25, 0.3) is 0 Å². The van der Waals surface area contributed by atoms with Crippen LogP contribution >= 0.6 is 0 Å². The van der Waals surface area contributed by atoms with Crippen LogP contribution in [0.15, 0.2) is 60.7 Å². The molecule has 2 aromatic rings. The summed E-state index contributed by atoms with van der Waals surface area (Å²) in [4.78, 5) is 14.2. The Labute approximate surface area is 126 Å². The summed E-state index contributed by atoms with van der Waals surface area (Å²) in [5.74, 6) is 0. The number of benzene rings is 2. The van der Waals surface area contributed by atoms with Crippen molar-refractivity contribution >= 4 is 6.29 Å². The molecule has 2 nitrogen and oxygen atoms in total. The molecule has 2 heteroatoms. The SMILES string of the molecule is O=CC1(c2ccccc2)CCN(Cc2ccccc2)CC1. The van der Waals surface area contributed by atoms with Gasteiger partial charge in [0.2, 0.25) is 0 Å². The summed E-state index contributed by atoms with van der Waals surface area (Å²) >= 11 is 0. The molecule has 1 heterocycles. The molecule has 1 aliphatic rings. The van der Waals surface area contributed by atoms with E-state index in [4.69, 9.17) is 0 Å². The van der Waals surface area contributed by atoms with Gasteiger partial charge in [-0.05, 0) is 37.1 Å². The molecule has 0 spiro atoms. The van der Waals surface area contributed by atoms with E-state index in [9.17, 15) is 4.79 Å². The van der Waals surface area contributed by atoms with Crippen LogP contribution in [-0.2, 0) is 16.8 Å². The lowest BCUT2D eigenvalue weighted by molar-refractivity contribution is -0.114. The average Bonchev–Trinajstić information content (AvgIpc) is 2.58. The zero-order chi connectivity index (χ0) is 14.5. The highest BCUT2D eigenvalue weighted by Gasteiger charge is 2.35. The van der Waals surface area contributed by atoms with Crippen molar-refractivity contribution in [1.82, 2.24) is 4.90 Å². The molecule has 1 saturated heterocycles. The third-order valence-electron chi connectivity index (χ3n) is 4.57. The Balaban J connectivity index is 1.67. The largest absolute Gasteiger partial charge is 0.302 e. The van der Waals surface area contributed by atoms with Crippen LogP contribution in [0, 0.1) is 0 Å². The Morgan fingerprint density at radius 1 is 0.905 bits per heavy atom. The second kappa shape index (κ2) is 6.23. The van der Waals surface area contributed by atoms with E-state index in [0.717, 1.165) is 32.5 Å². The van der Waals surface area contributed by atoms with Crippen molar-refractivity contribution in [3.8, 4) is 0 Å². The molecule has 3 rings (SSSR count). The fraction of sp³-hybridized carbons (Fsp3) is 0.316. The van der Waals surface area contributed by atoms with Gasteiger partial charge in [0, 0.05) is 6.54 Å². The number of carbonyl (C=O) groups is 1. The number of rotatable bonds is 4. The molecule has 1 fully saturated rings. The van der Waals surface area contributed by atoms with Crippen molar-refractivity contribution in [3.63, 3.8) is 0 Å². The fourth-order valence-corrected chi connectivity index (χ4v) is 3.20. The molecule has 0 saturated carbocycles. The average molecular weight is 279 g/mol. The summed E-state index contributed by atoms with van der Waals surface area (Å²) in [6, 6.07) is 20.8. The number of aldehydes is 1. The van der Waals surface area contributed by atoms with Gasteiger partial charge in [-0.1, -0.05) is 60.7 Å². The molecule has 0 N–H and O–H groups in total. The van der Waals surface area contributed by atoms with Gasteiger partial charge in [-0.2, -0.15) is 0 Å². The molecule has 0 unspecified atom stereocenters. The lowest BCUT2D eigenvalue weighted by Crippen LogP contribution is -2.43. The molecule has 2 aromatic carbocycles. The van der Waals surface area contributed by atoms with Crippen LogP contribution in [0.3, 0.4) is 0 Å². The summed E-state index contributed by atoms with van der Waals surface area (Å²) < 4.78 is 0. The van der Waals surface area contributed by atoms with Crippen LogP contribution in [0.5, 0.6) is 0 Å². The second-order valence-corrected chi connectivity index (χ2v) is 5.90. The van der Waals surface area contributed by atoms with Crippen molar-refractivity contribution < 1.29 is 4.79 Å². The highest BCUT2D eigenvalue weighted by molar-refractivity contribution is 5.69. The maximum absolute atomic E-state index is 11.7. The van der Waals surface area contributed by atoms with Crippen molar-refractivity contribution in [2.24, 2.45) is 0 Å². The number of piperidine rings is 1. The summed E-state index contributed by atoms with van der Waals surface area (Å²) in [5, 5.41) is 0. The highest BCUT2D eigenvalue weighted by Crippen LogP contribution is 2.33. The molecule has 0 aromatic heterocycles. The molecule has 0 aliphatic carbocycles. The lowest BCUT2D eigenvalue weighted by Gasteiger charge is -2.38. The number of carbonyl (C=O) groups excluding carboxylic acids is 1. The van der Waals surface area contributed by atoms with Gasteiger partial charge < -0.3 is 4.79 Å². The highest BCUT2D eigenvalue weighted by atomic mass is 16.1. The zero-order valence-electron chi connectivity index (χ0n) is 12.2. The normalized spacial score (nSPS) is 18.3. The standard InChI is InChI=1S/C19H21NO/c21-16-19(18-9-5-2-6-10-18)11-13-20(14-12-19)15-17-7-3-1-4-8-17/h1-10,16H,11-15H2. The first-order valence-corrected chi connectivity index (χ1v) is 7.61. The molecule has 21 heavy (non-hydrogen) atoms. The minimum Gasteiger partial charge on any atom is -0.302 e. The Hall–Kier alpha value is -1.93. The predicted octanol–water partition coefficient (Wildman–Crippen LogP) is 3.42. The molecule has 0 atom stereocenters. The van der Waals surface area contributed by atoms with E-state index in [2.05, 4.69) is 41.3 Å². The molecule has 0 radical (unpaired) electrons. The smallest absolute Gasteiger partial charge is 0.130 e. The Kier molecular flexibility index (Phi) is 4.16. The molecule has 1 aliphatic heterocycles. The van der Waals surface area contributed by atoms with E-state index in [-0.39, 0.29) is 5.41 Å². The zero-order valence-corrected chi connectivity index (χ0v) is 12.2. The van der Waals surface area contributed by atoms with Gasteiger partial charge in [0.25, 0.3) is 0 Å². The first kappa shape index (κ1) is 14.0. The van der Waals surface area contributed by atoms with Crippen molar-refractivity contribution in [2.75, 3.05) is 13.1 Å². The molecular weight excluding hydrogens is 258 g/mol. The summed E-state index contributed by atoms with van der Waals surface area (Å²) in [5.41, 5.74) is 2.23. The number of likely N-dealkylation sites (tertiary alicyclic amines) is 1. The van der Waals surface area contributed by atoms with Gasteiger partial charge >= 0.3 is 0 Å². The predicted molar refractivity (Wildman–Crippen MR) is 85.1 cm³/mol. The van der Waals surface area contributed by atoms with Gasteiger partial charge in [0.05, 0.1) is 5.41 Å². The number of hydrogen-bond acceptors (Lipinski definition) is 2. The molecule has 0 bridgehead atoms. The monoisotopic (exact) mass is 279 g/mol. The van der Waals surface area contributed by atoms with E-state index < -0.39 is 0 Å². The molecule has 0 amide bonds. The van der Waals surface area contributed by atoms with E-state index in [1.807, 2.05) is 24.3 Å². The first-order chi connectivity index (χ1) is 10.3. The van der Waals surface area contributed by atoms with Crippen molar-refractivity contribution in [2.45, 2.75) is 24.8 Å². The summed E-state index contributed by atoms with van der Waals surface area (Å²) in [6.07, 6.45) is 2.99. The minimum absolute atomic E-state index is 0.283. The van der Waals surface area contributed by atoms with Crippen molar-refractivity contribution in [1.29, 1.82) is 0 Å². The molecular formula is C19H21NO. The summed E-state index contributed by atoms with van der Waals surface area (Å²) in [7, 11) is 0. The van der Waals surface area contributed by atoms with E-state index >= 15 is 0 Å². The topological polar surface area (TPSA) is 20.3 Å². The van der Waals surface area contributed by atoms with Crippen LogP contribution in [0.4, 0.5) is 0 Å². The Morgan fingerprint density at radius 3 is 2.05 bits per heavy atom. The maximum Gasteiger partial charge on any atom is 0.130 e. The minimum atomic E-state index is -0.283. The van der Waals surface area contributed by atoms with Crippen LogP contribution in [-0.4, -0.2) is 24.3 Å². The fourth-order valence-electron chi connectivity index (χ4n) is 3.20. The lowest BCUT2D eigenvalue weighted by atomic mass is 9.74. The van der Waals surface area contributed by atoms with Gasteiger partial charge in [0.1, 0.15) is 6.29 Å². The third kappa shape index (κ3) is 3.06. The van der Waals surface area contributed by atoms with Crippen molar-refractivity contribution in [3.05, 3.63) is 71.8 Å².